The molecule has 4 rings (SSSR count). The molecular weight excluding hydrogens is 350 g/mol. The first-order valence-corrected chi connectivity index (χ1v) is 8.99. The molecule has 0 radical (unpaired) electrons. The second kappa shape index (κ2) is 6.90. The molecule has 0 saturated carbocycles. The van der Waals surface area contributed by atoms with Gasteiger partial charge >= 0.3 is 11.7 Å². The van der Waals surface area contributed by atoms with Crippen LogP contribution in [0.1, 0.15) is 31.7 Å². The molecule has 9 heteroatoms. The van der Waals surface area contributed by atoms with E-state index in [-0.39, 0.29) is 30.5 Å². The smallest absolute Gasteiger partial charge is 0.326 e. The summed E-state index contributed by atoms with van der Waals surface area (Å²) >= 11 is 0. The van der Waals surface area contributed by atoms with Gasteiger partial charge < -0.3 is 19.6 Å². The number of hydrogen-bond donors (Lipinski definition) is 2. The number of esters is 1. The van der Waals surface area contributed by atoms with Crippen molar-refractivity contribution in [1.29, 1.82) is 0 Å². The molecule has 3 aromatic heterocycles. The minimum Gasteiger partial charge on any atom is -0.469 e. The van der Waals surface area contributed by atoms with Crippen molar-refractivity contribution in [3.8, 4) is 0 Å². The summed E-state index contributed by atoms with van der Waals surface area (Å²) in [6.07, 6.45) is 5.24. The highest BCUT2D eigenvalue weighted by Crippen LogP contribution is 2.28. The van der Waals surface area contributed by atoms with Crippen molar-refractivity contribution in [3.63, 3.8) is 0 Å². The fourth-order valence-corrected chi connectivity index (χ4v) is 3.83. The van der Waals surface area contributed by atoms with Crippen LogP contribution in [0.5, 0.6) is 0 Å². The summed E-state index contributed by atoms with van der Waals surface area (Å²) in [5.41, 5.74) is 2.01. The quantitative estimate of drug-likeness (QED) is 0.672. The number of piperidine rings is 1. The van der Waals surface area contributed by atoms with Gasteiger partial charge in [-0.15, -0.1) is 0 Å². The van der Waals surface area contributed by atoms with Gasteiger partial charge in [0.15, 0.2) is 0 Å². The molecule has 9 nitrogen and oxygen atoms in total. The Bertz CT molecular complexity index is 1060. The number of methoxy groups -OCH3 is 1. The summed E-state index contributed by atoms with van der Waals surface area (Å²) in [6, 6.07) is 1.78. The lowest BCUT2D eigenvalue weighted by atomic mass is 10.0. The zero-order chi connectivity index (χ0) is 19.0. The average molecular weight is 371 g/mol. The number of nitrogens with one attached hydrogen (secondary N) is 2. The molecule has 1 aliphatic rings. The number of nitrogens with zero attached hydrogens (tertiary/aromatic N) is 3. The van der Waals surface area contributed by atoms with Crippen LogP contribution in [0.3, 0.4) is 0 Å². The standard InChI is InChI=1S/C18H21N5O4/c1-27-15(25)5-4-14(24)22-8-2-3-11(10-22)23-16-12-6-7-19-17(12)20-9-13(16)21-18(23)26/h6-7,9,11H,2-5,8,10H2,1H3,(H,19,20)(H,21,26)/t11-/m1/s1. The third-order valence-electron chi connectivity index (χ3n) is 5.14. The molecule has 0 aliphatic carbocycles. The SMILES string of the molecule is COC(=O)CCC(=O)N1CCC[C@@H](n2c(=O)[nH]c3cnc4[nH]ccc4c32)C1. The van der Waals surface area contributed by atoms with Crippen LogP contribution in [0.15, 0.2) is 23.3 Å². The van der Waals surface area contributed by atoms with Crippen LogP contribution in [0.2, 0.25) is 0 Å². The summed E-state index contributed by atoms with van der Waals surface area (Å²) in [4.78, 5) is 48.4. The molecule has 1 saturated heterocycles. The molecule has 1 fully saturated rings. The van der Waals surface area contributed by atoms with Gasteiger partial charge in [-0.25, -0.2) is 9.78 Å². The van der Waals surface area contributed by atoms with Crippen LogP contribution in [0, 0.1) is 0 Å². The molecule has 4 heterocycles. The van der Waals surface area contributed by atoms with Crippen molar-refractivity contribution in [2.45, 2.75) is 31.7 Å². The van der Waals surface area contributed by atoms with E-state index in [4.69, 9.17) is 0 Å². The van der Waals surface area contributed by atoms with Crippen LogP contribution in [-0.2, 0) is 14.3 Å². The van der Waals surface area contributed by atoms with Crippen LogP contribution >= 0.6 is 0 Å². The van der Waals surface area contributed by atoms with Crippen molar-refractivity contribution in [1.82, 2.24) is 24.4 Å². The Balaban J connectivity index is 1.63. The predicted octanol–water partition coefficient (Wildman–Crippen LogP) is 1.32. The minimum absolute atomic E-state index is 0.0686. The first kappa shape index (κ1) is 17.3. The molecule has 1 amide bonds. The topological polar surface area (TPSA) is 113 Å². The van der Waals surface area contributed by atoms with Crippen molar-refractivity contribution < 1.29 is 14.3 Å². The normalized spacial score (nSPS) is 17.5. The van der Waals surface area contributed by atoms with Gasteiger partial charge in [0.2, 0.25) is 5.91 Å². The number of carbonyl (C=O) groups is 2. The van der Waals surface area contributed by atoms with Gasteiger partial charge in [0, 0.05) is 31.1 Å². The Hall–Kier alpha value is -3.10. The summed E-state index contributed by atoms with van der Waals surface area (Å²) in [5.74, 6) is -0.487. The number of carbonyl (C=O) groups excluding carboxylic acids is 2. The third kappa shape index (κ3) is 3.09. The summed E-state index contributed by atoms with van der Waals surface area (Å²) in [7, 11) is 1.31. The Labute approximate surface area is 154 Å². The molecule has 142 valence electrons. The summed E-state index contributed by atoms with van der Waals surface area (Å²) in [6.45, 7) is 1.08. The zero-order valence-corrected chi connectivity index (χ0v) is 15.0. The van der Waals surface area contributed by atoms with E-state index in [2.05, 4.69) is 19.7 Å². The number of likely N-dealkylation sites (tertiary alicyclic amines) is 1. The maximum Gasteiger partial charge on any atom is 0.326 e. The molecule has 0 aromatic carbocycles. The molecule has 2 N–H and O–H groups in total. The molecule has 0 unspecified atom stereocenters. The largest absolute Gasteiger partial charge is 0.469 e. The zero-order valence-electron chi connectivity index (χ0n) is 15.0. The molecule has 1 aliphatic heterocycles. The maximum atomic E-state index is 12.6. The van der Waals surface area contributed by atoms with Crippen molar-refractivity contribution in [3.05, 3.63) is 28.9 Å². The number of aromatic amines is 2. The molecule has 27 heavy (non-hydrogen) atoms. The van der Waals surface area contributed by atoms with E-state index in [9.17, 15) is 14.4 Å². The Morgan fingerprint density at radius 2 is 2.22 bits per heavy atom. The second-order valence-electron chi connectivity index (χ2n) is 6.77. The number of imidazole rings is 1. The van der Waals surface area contributed by atoms with Crippen molar-refractivity contribution in [2.75, 3.05) is 20.2 Å². The molecule has 0 bridgehead atoms. The van der Waals surface area contributed by atoms with Crippen LogP contribution in [0.25, 0.3) is 22.1 Å². The lowest BCUT2D eigenvalue weighted by Gasteiger charge is -2.33. The fraction of sp³-hybridized carbons (Fsp3) is 0.444. The molecule has 3 aromatic rings. The number of amides is 1. The number of hydrogen-bond acceptors (Lipinski definition) is 5. The van der Waals surface area contributed by atoms with Gasteiger partial charge in [0.25, 0.3) is 0 Å². The van der Waals surface area contributed by atoms with Gasteiger partial charge in [-0.05, 0) is 18.9 Å². The molecule has 1 atom stereocenters. The number of aromatic nitrogens is 4. The lowest BCUT2D eigenvalue weighted by molar-refractivity contribution is -0.144. The Morgan fingerprint density at radius 3 is 3.04 bits per heavy atom. The van der Waals surface area contributed by atoms with E-state index in [1.165, 1.54) is 7.11 Å². The van der Waals surface area contributed by atoms with E-state index in [1.54, 1.807) is 21.9 Å². The van der Waals surface area contributed by atoms with E-state index < -0.39 is 5.97 Å². The molecule has 0 spiro atoms. The van der Waals surface area contributed by atoms with E-state index in [0.29, 0.717) is 18.6 Å². The highest BCUT2D eigenvalue weighted by atomic mass is 16.5. The first-order chi connectivity index (χ1) is 13.1. The predicted molar refractivity (Wildman–Crippen MR) is 98.3 cm³/mol. The van der Waals surface area contributed by atoms with Gasteiger partial charge in [-0.2, -0.15) is 0 Å². The van der Waals surface area contributed by atoms with Gasteiger partial charge in [0.1, 0.15) is 5.65 Å². The maximum absolute atomic E-state index is 12.6. The van der Waals surface area contributed by atoms with E-state index in [0.717, 1.165) is 29.4 Å². The van der Waals surface area contributed by atoms with Crippen LogP contribution in [-0.4, -0.2) is 56.5 Å². The van der Waals surface area contributed by atoms with Crippen LogP contribution < -0.4 is 5.69 Å². The monoisotopic (exact) mass is 371 g/mol. The van der Waals surface area contributed by atoms with Crippen molar-refractivity contribution in [2.24, 2.45) is 0 Å². The lowest BCUT2D eigenvalue weighted by Crippen LogP contribution is -2.42. The van der Waals surface area contributed by atoms with Crippen LogP contribution in [0.4, 0.5) is 0 Å². The third-order valence-corrected chi connectivity index (χ3v) is 5.14. The number of H-pyrrole nitrogens is 2. The summed E-state index contributed by atoms with van der Waals surface area (Å²) < 4.78 is 6.34. The molecular formula is C18H21N5O4. The fourth-order valence-electron chi connectivity index (χ4n) is 3.83. The second-order valence-corrected chi connectivity index (χ2v) is 6.77. The average Bonchev–Trinajstić information content (AvgIpc) is 3.28. The number of pyridine rings is 1. The Morgan fingerprint density at radius 1 is 1.37 bits per heavy atom. The van der Waals surface area contributed by atoms with Gasteiger partial charge in [-0.1, -0.05) is 0 Å². The van der Waals surface area contributed by atoms with Gasteiger partial charge in [-0.3, -0.25) is 14.2 Å². The first-order valence-electron chi connectivity index (χ1n) is 8.99. The highest BCUT2D eigenvalue weighted by Gasteiger charge is 2.28. The van der Waals surface area contributed by atoms with Gasteiger partial charge in [0.05, 0.1) is 36.8 Å². The number of fused-ring (bicyclic) bond motifs is 3. The van der Waals surface area contributed by atoms with E-state index in [1.807, 2.05) is 6.07 Å². The van der Waals surface area contributed by atoms with E-state index >= 15 is 0 Å². The number of rotatable bonds is 4. The summed E-state index contributed by atoms with van der Waals surface area (Å²) in [5, 5.41) is 0.875. The number of ether oxygens (including phenoxy) is 1. The minimum atomic E-state index is -0.396. The highest BCUT2D eigenvalue weighted by molar-refractivity contribution is 6.01. The Kier molecular flexibility index (Phi) is 4.43. The van der Waals surface area contributed by atoms with Crippen molar-refractivity contribution >= 4 is 33.9 Å².